The number of benzene rings is 3. The molecule has 30 heteroatoms. The third kappa shape index (κ3) is 43.3. The average Bonchev–Trinajstić information content (AvgIpc) is 0.815. The maximum absolute atomic E-state index is 13.0. The van der Waals surface area contributed by atoms with Crippen LogP contribution in [-0.4, -0.2) is 152 Å². The molecule has 5 N–H and O–H groups in total. The van der Waals surface area contributed by atoms with Gasteiger partial charge in [0.1, 0.15) is 24.0 Å². The third-order valence-electron chi connectivity index (χ3n) is 11.3. The number of nitrogen functional groups attached to an aromatic ring is 1. The molecule has 3 radical (unpaired) electrons. The first-order chi connectivity index (χ1) is 44.1. The van der Waals surface area contributed by atoms with Crippen LogP contribution in [0.5, 0.6) is 5.75 Å². The highest BCUT2D eigenvalue weighted by atomic mass is 16.5. The number of anilines is 3. The second-order valence-corrected chi connectivity index (χ2v) is 19.6. The van der Waals surface area contributed by atoms with Crippen molar-refractivity contribution in [3.63, 3.8) is 0 Å². The molecule has 0 aliphatic heterocycles. The summed E-state index contributed by atoms with van der Waals surface area (Å²) < 4.78 is 24.0. The van der Waals surface area contributed by atoms with Gasteiger partial charge in [-0.05, 0) is 112 Å². The van der Waals surface area contributed by atoms with E-state index in [1.54, 1.807) is 77.9 Å². The summed E-state index contributed by atoms with van der Waals surface area (Å²) in [6.45, 7) is 26.7. The van der Waals surface area contributed by atoms with Crippen LogP contribution in [0, 0.1) is 29.1 Å². The van der Waals surface area contributed by atoms with Crippen LogP contribution in [0.3, 0.4) is 0 Å². The number of amides is 2. The Hall–Kier alpha value is -10.5. The van der Waals surface area contributed by atoms with E-state index in [1.807, 2.05) is 47.6 Å². The first kappa shape index (κ1) is 99.1. The zero-order valence-electron chi connectivity index (χ0n) is 56.3. The number of ether oxygens (including phenoxy) is 5. The van der Waals surface area contributed by atoms with E-state index in [9.17, 15) is 57.5 Å². The molecule has 0 bridgehead atoms. The minimum Gasteiger partial charge on any atom is -0.481 e. The molecule has 0 spiro atoms. The quantitative estimate of drug-likeness (QED) is 0.0185. The number of hydrogen-bond acceptors (Lipinski definition) is 24. The molecule has 2 atom stereocenters. The van der Waals surface area contributed by atoms with Gasteiger partial charge in [-0.25, -0.2) is 14.4 Å². The van der Waals surface area contributed by atoms with Crippen molar-refractivity contribution < 1.29 is 121 Å². The molecule has 0 aliphatic carbocycles. The van der Waals surface area contributed by atoms with Crippen LogP contribution < -0.4 is 20.3 Å². The molecule has 29 nitrogen and oxygen atoms in total. The molecule has 529 valence electrons. The Morgan fingerprint density at radius 3 is 1.23 bits per heavy atom. The Balaban J connectivity index is -0.000000216. The smallest absolute Gasteiger partial charge is 0.373 e. The van der Waals surface area contributed by atoms with E-state index >= 15 is 0 Å². The summed E-state index contributed by atoms with van der Waals surface area (Å²) in [5.41, 5.74) is 9.44. The standard InChI is InChI=1S/C23H33NO6.C18H21NO8.C11H15NO2.C5H7NO2.C4H8O.C2H4O2.2CO2.CH4.B/c1-7-17-14-18(10-11-19(17)23(28)30-9-3)24(16(6)25)22(15(4)5)20(26)12-13-21(27)29-8-2;1-10(2)17(14(22)6-7-16(23)24)19(11(3)21)12-4-5-13(18(25)26)15(8-12)27-9-20;1-3-8-7-9(12)5-6-10(8)11(13)14-4-2;1-2-8-5(7)3-4-6;1-4(2)3-5;1-2(3)4;2*2-1-3;;/h10-11,14-15,22H,7-9,12-13H2,1-6H3;4-5,8-10,17H,6-7H2,1-3H3,(H,23,24)(H,25,26);5-7H,3-4,12H2,1-2H3;2-3H2,1H3;3-4H,1-2H3;1H3,(H,3,4);;;1H4;. The zero-order valence-corrected chi connectivity index (χ0v) is 56.3. The fraction of sp³-hybridized carbons (Fsp3) is 0.485. The zero-order chi connectivity index (χ0) is 73.8. The number of nitrogens with zero attached hydrogens (tertiary/aromatic N) is 3. The summed E-state index contributed by atoms with van der Waals surface area (Å²) in [5.74, 6) is -6.89. The Morgan fingerprint density at radius 1 is 0.552 bits per heavy atom. The molecule has 0 aromatic heterocycles. The van der Waals surface area contributed by atoms with Crippen molar-refractivity contribution in [2.75, 3.05) is 42.0 Å². The van der Waals surface area contributed by atoms with E-state index in [4.69, 9.17) is 64.5 Å². The molecule has 3 aromatic rings. The number of aromatic carboxylic acids is 1. The van der Waals surface area contributed by atoms with Crippen molar-refractivity contribution >= 4 is 116 Å². The summed E-state index contributed by atoms with van der Waals surface area (Å²) in [7, 11) is 0. The predicted molar refractivity (Wildman–Crippen MR) is 348 cm³/mol. The highest BCUT2D eigenvalue weighted by Crippen LogP contribution is 2.31. The molecule has 3 aromatic carbocycles. The summed E-state index contributed by atoms with van der Waals surface area (Å²) in [6.07, 6.45) is 1.96. The van der Waals surface area contributed by atoms with Gasteiger partial charge in [-0.1, -0.05) is 62.8 Å². The third-order valence-corrected chi connectivity index (χ3v) is 11.3. The van der Waals surface area contributed by atoms with Gasteiger partial charge >= 0.3 is 48.1 Å². The van der Waals surface area contributed by atoms with Crippen molar-refractivity contribution in [3.8, 4) is 11.8 Å². The van der Waals surface area contributed by atoms with E-state index < -0.39 is 59.6 Å². The van der Waals surface area contributed by atoms with Gasteiger partial charge in [0.2, 0.25) is 11.8 Å². The predicted octanol–water partition coefficient (Wildman–Crippen LogP) is 7.94. The lowest BCUT2D eigenvalue weighted by Crippen LogP contribution is -2.47. The molecule has 0 saturated carbocycles. The lowest BCUT2D eigenvalue weighted by Gasteiger charge is -2.33. The van der Waals surface area contributed by atoms with Gasteiger partial charge in [-0.3, -0.25) is 43.2 Å². The lowest BCUT2D eigenvalue weighted by molar-refractivity contribution is -0.193. The number of aldehydes is 1. The Kier molecular flexibility index (Phi) is 60.2. The first-order valence-corrected chi connectivity index (χ1v) is 29.1. The van der Waals surface area contributed by atoms with E-state index in [-0.39, 0.29) is 132 Å². The van der Waals surface area contributed by atoms with Crippen molar-refractivity contribution in [1.82, 2.24) is 0 Å². The molecule has 96 heavy (non-hydrogen) atoms. The van der Waals surface area contributed by atoms with Crippen LogP contribution in [0.2, 0.25) is 0 Å². The number of nitrogens with two attached hydrogens (primary N) is 1. The Morgan fingerprint density at radius 2 is 0.906 bits per heavy atom. The van der Waals surface area contributed by atoms with E-state index in [0.29, 0.717) is 42.1 Å². The fourth-order valence-corrected chi connectivity index (χ4v) is 7.70. The number of hydrogen-bond donors (Lipinski definition) is 4. The molecule has 3 rings (SSSR count). The Labute approximate surface area is 561 Å². The molecular weight excluding hydrogens is 1260 g/mol. The van der Waals surface area contributed by atoms with E-state index in [1.165, 1.54) is 30.9 Å². The van der Waals surface area contributed by atoms with Crippen molar-refractivity contribution in [2.24, 2.45) is 17.8 Å². The summed E-state index contributed by atoms with van der Waals surface area (Å²) in [6, 6.07) is 13.9. The van der Waals surface area contributed by atoms with Gasteiger partial charge < -0.3 is 59.3 Å². The van der Waals surface area contributed by atoms with Gasteiger partial charge in [0.25, 0.3) is 12.4 Å². The maximum Gasteiger partial charge on any atom is 0.373 e. The summed E-state index contributed by atoms with van der Waals surface area (Å²) >= 11 is 0. The van der Waals surface area contributed by atoms with Gasteiger partial charge in [-0.2, -0.15) is 24.4 Å². The molecule has 0 heterocycles. The molecule has 2 unspecified atom stereocenters. The van der Waals surface area contributed by atoms with Gasteiger partial charge in [0.15, 0.2) is 11.6 Å². The highest BCUT2D eigenvalue weighted by molar-refractivity contribution is 6.03. The Bertz CT molecular complexity index is 3040. The van der Waals surface area contributed by atoms with Crippen LogP contribution in [0.4, 0.5) is 17.1 Å². The summed E-state index contributed by atoms with van der Waals surface area (Å²) in [4.78, 5) is 182. The van der Waals surface area contributed by atoms with Crippen LogP contribution in [-0.2, 0) is 98.9 Å². The first-order valence-electron chi connectivity index (χ1n) is 29.1. The van der Waals surface area contributed by atoms with Crippen LogP contribution >= 0.6 is 0 Å². The van der Waals surface area contributed by atoms with Crippen LogP contribution in [0.1, 0.15) is 186 Å². The van der Waals surface area contributed by atoms with Gasteiger partial charge in [0, 0.05) is 71.1 Å². The molecular formula is C66H92BN4O25. The number of ketones is 2. The fourth-order valence-electron chi connectivity index (χ4n) is 7.70. The minimum absolute atomic E-state index is 0. The normalized spacial score (nSPS) is 9.84. The number of carbonyl (C=O) groups excluding carboxylic acids is 14. The number of carboxylic acid groups (broad SMARTS) is 3. The van der Waals surface area contributed by atoms with E-state index in [2.05, 4.69) is 9.47 Å². The second-order valence-electron chi connectivity index (χ2n) is 19.6. The van der Waals surface area contributed by atoms with Crippen LogP contribution in [0.25, 0.3) is 0 Å². The van der Waals surface area contributed by atoms with Crippen molar-refractivity contribution in [3.05, 3.63) is 82.4 Å². The van der Waals surface area contributed by atoms with Crippen molar-refractivity contribution in [1.29, 1.82) is 5.26 Å². The maximum atomic E-state index is 13.0. The number of carboxylic acids is 3. The lowest BCUT2D eigenvalue weighted by atomic mass is 9.93. The SMILES string of the molecule is C.CC(=O)N(c1ccc(C(=O)O)c(OC=O)c1)C(C(=O)CCC(=O)O)C(C)C.CC(=O)O.CC(C)C=O.CCOC(=O)CC#N.CCOC(=O)CCC(=O)C(C(C)C)N(C(C)=O)c1ccc(C(=O)OCC)c(CC)c1.CCOC(=O)c1ccc(N)cc1CC.O=C=O.O=C=O.[B]. The largest absolute Gasteiger partial charge is 0.481 e. The average molecular weight is 1350 g/mol. The van der Waals surface area contributed by atoms with Gasteiger partial charge in [0.05, 0.1) is 68.5 Å². The topological polar surface area (TPSA) is 453 Å². The van der Waals surface area contributed by atoms with Crippen molar-refractivity contribution in [2.45, 2.75) is 168 Å². The molecule has 2 amide bonds. The number of aryl methyl sites for hydroxylation is 2. The second kappa shape index (κ2) is 58.3. The van der Waals surface area contributed by atoms with Gasteiger partial charge in [-0.15, -0.1) is 0 Å². The minimum atomic E-state index is -1.33. The molecule has 0 saturated heterocycles. The van der Waals surface area contributed by atoms with Crippen LogP contribution in [0.15, 0.2) is 54.6 Å². The molecule has 0 aliphatic rings. The highest BCUT2D eigenvalue weighted by Gasteiger charge is 2.34. The van der Waals surface area contributed by atoms with E-state index in [0.717, 1.165) is 41.7 Å². The number of esters is 4. The number of nitriles is 1. The number of carbonyl (C=O) groups is 13. The molecule has 0 fully saturated rings. The number of rotatable bonds is 27. The summed E-state index contributed by atoms with van der Waals surface area (Å²) in [5, 5.41) is 33.3. The monoisotopic (exact) mass is 1350 g/mol. The number of Topliss-reactive ketones (excluding diaryl/α,β-unsaturated/α-hetero) is 2. The number of aliphatic carboxylic acids is 2.